The first-order valence-electron chi connectivity index (χ1n) is 4.67. The van der Waals surface area contributed by atoms with E-state index in [4.69, 9.17) is 0 Å². The van der Waals surface area contributed by atoms with Gasteiger partial charge in [-0.3, -0.25) is 0 Å². The van der Waals surface area contributed by atoms with Crippen LogP contribution in [0.1, 0.15) is 11.3 Å². The molecule has 0 bridgehead atoms. The highest BCUT2D eigenvalue weighted by molar-refractivity contribution is 5.20. The number of nitrogens with zero attached hydrogens (tertiary/aromatic N) is 1. The van der Waals surface area contributed by atoms with Gasteiger partial charge in [-0.05, 0) is 17.7 Å². The summed E-state index contributed by atoms with van der Waals surface area (Å²) in [6, 6.07) is 11.4. The molecular formula is C12H10FNO. The highest BCUT2D eigenvalue weighted by atomic mass is 19.1. The molecular weight excluding hydrogens is 193 g/mol. The van der Waals surface area contributed by atoms with Crippen LogP contribution >= 0.6 is 0 Å². The Kier molecular flexibility index (Phi) is 2.63. The van der Waals surface area contributed by atoms with Crippen molar-refractivity contribution < 1.29 is 9.12 Å². The number of aromatic nitrogens is 1. The first-order chi connectivity index (χ1) is 7.25. The first kappa shape index (κ1) is 9.65. The Morgan fingerprint density at radius 1 is 1.07 bits per heavy atom. The maximum atomic E-state index is 12.6. The van der Waals surface area contributed by atoms with E-state index in [-0.39, 0.29) is 5.82 Å². The third-order valence-electron chi connectivity index (χ3n) is 2.20. The van der Waals surface area contributed by atoms with Crippen LogP contribution in [0, 0.1) is 11.0 Å². The fourth-order valence-electron chi connectivity index (χ4n) is 1.41. The minimum absolute atomic E-state index is 0.262. The highest BCUT2D eigenvalue weighted by Crippen LogP contribution is 2.07. The smallest absolute Gasteiger partial charge is 0.197 e. The molecule has 0 saturated carbocycles. The molecule has 1 heterocycles. The fraction of sp³-hybridized carbons (Fsp3) is 0.0833. The van der Waals surface area contributed by atoms with E-state index in [0.717, 1.165) is 10.3 Å². The third kappa shape index (κ3) is 2.31. The second-order valence-electron chi connectivity index (χ2n) is 3.32. The van der Waals surface area contributed by atoms with Crippen molar-refractivity contribution in [1.82, 2.24) is 0 Å². The number of pyridine rings is 1. The van der Waals surface area contributed by atoms with Crippen LogP contribution in [0.5, 0.6) is 0 Å². The van der Waals surface area contributed by atoms with Gasteiger partial charge < -0.3 is 5.21 Å². The van der Waals surface area contributed by atoms with Gasteiger partial charge >= 0.3 is 0 Å². The molecule has 2 aromatic rings. The van der Waals surface area contributed by atoms with Gasteiger partial charge in [-0.25, -0.2) is 4.39 Å². The van der Waals surface area contributed by atoms with Gasteiger partial charge in [-0.2, -0.15) is 4.73 Å². The van der Waals surface area contributed by atoms with E-state index in [1.54, 1.807) is 24.3 Å². The van der Waals surface area contributed by atoms with Crippen LogP contribution in [0.3, 0.4) is 0 Å². The van der Waals surface area contributed by atoms with Crippen molar-refractivity contribution in [2.75, 3.05) is 0 Å². The van der Waals surface area contributed by atoms with E-state index in [9.17, 15) is 9.60 Å². The second-order valence-corrected chi connectivity index (χ2v) is 3.32. The molecule has 0 fully saturated rings. The predicted octanol–water partition coefficient (Wildman–Crippen LogP) is 2.05. The Labute approximate surface area is 87.2 Å². The second kappa shape index (κ2) is 4.09. The molecule has 0 aliphatic rings. The Balaban J connectivity index is 2.22. The van der Waals surface area contributed by atoms with Gasteiger partial charge in [0, 0.05) is 12.1 Å². The van der Waals surface area contributed by atoms with Gasteiger partial charge in [0.1, 0.15) is 5.82 Å². The van der Waals surface area contributed by atoms with E-state index in [1.807, 2.05) is 6.07 Å². The molecule has 3 heteroatoms. The number of hydrogen-bond donors (Lipinski definition) is 0. The first-order valence-corrected chi connectivity index (χ1v) is 4.67. The van der Waals surface area contributed by atoms with Crippen molar-refractivity contribution in [1.29, 1.82) is 0 Å². The molecule has 1 aromatic carbocycles. The summed E-state index contributed by atoms with van der Waals surface area (Å²) < 4.78 is 13.5. The average molecular weight is 203 g/mol. The molecule has 0 spiro atoms. The van der Waals surface area contributed by atoms with Crippen molar-refractivity contribution in [2.24, 2.45) is 0 Å². The Bertz CT molecular complexity index is 453. The summed E-state index contributed by atoms with van der Waals surface area (Å²) in [4.78, 5) is 0. The van der Waals surface area contributed by atoms with Gasteiger partial charge in [0.15, 0.2) is 11.9 Å². The summed E-state index contributed by atoms with van der Waals surface area (Å²) in [7, 11) is 0. The molecule has 0 N–H and O–H groups in total. The largest absolute Gasteiger partial charge is 0.618 e. The normalized spacial score (nSPS) is 10.2. The monoisotopic (exact) mass is 203 g/mol. The predicted molar refractivity (Wildman–Crippen MR) is 54.6 cm³/mol. The molecule has 76 valence electrons. The Morgan fingerprint density at radius 2 is 1.80 bits per heavy atom. The van der Waals surface area contributed by atoms with Crippen LogP contribution in [0.15, 0.2) is 48.7 Å². The molecule has 1 aromatic heterocycles. The van der Waals surface area contributed by atoms with Gasteiger partial charge in [-0.1, -0.05) is 18.2 Å². The molecule has 0 radical (unpaired) electrons. The summed E-state index contributed by atoms with van der Waals surface area (Å²) in [5, 5.41) is 11.3. The van der Waals surface area contributed by atoms with Crippen molar-refractivity contribution in [3.8, 4) is 0 Å². The minimum atomic E-state index is -0.262. The lowest BCUT2D eigenvalue weighted by Gasteiger charge is -2.03. The van der Waals surface area contributed by atoms with E-state index < -0.39 is 0 Å². The zero-order valence-electron chi connectivity index (χ0n) is 8.06. The van der Waals surface area contributed by atoms with Crippen LogP contribution < -0.4 is 4.73 Å². The molecule has 15 heavy (non-hydrogen) atoms. The van der Waals surface area contributed by atoms with Crippen LogP contribution in [0.2, 0.25) is 0 Å². The lowest BCUT2D eigenvalue weighted by Crippen LogP contribution is -2.30. The zero-order valence-corrected chi connectivity index (χ0v) is 8.06. The topological polar surface area (TPSA) is 26.9 Å². The minimum Gasteiger partial charge on any atom is -0.618 e. The van der Waals surface area contributed by atoms with Crippen molar-refractivity contribution in [2.45, 2.75) is 6.42 Å². The van der Waals surface area contributed by atoms with E-state index in [0.29, 0.717) is 12.1 Å². The number of benzene rings is 1. The molecule has 0 aliphatic heterocycles. The summed E-state index contributed by atoms with van der Waals surface area (Å²) in [5.74, 6) is -0.262. The summed E-state index contributed by atoms with van der Waals surface area (Å²) >= 11 is 0. The molecule has 0 atom stereocenters. The fourth-order valence-corrected chi connectivity index (χ4v) is 1.41. The maximum Gasteiger partial charge on any atom is 0.197 e. The molecule has 2 rings (SSSR count). The highest BCUT2D eigenvalue weighted by Gasteiger charge is 2.04. The lowest BCUT2D eigenvalue weighted by molar-refractivity contribution is -0.613. The van der Waals surface area contributed by atoms with Crippen LogP contribution in [-0.4, -0.2) is 0 Å². The Hall–Kier alpha value is -1.90. The standard InChI is InChI=1S/C12H10FNO/c13-11-6-4-10(5-7-11)9-12-3-1-2-8-14(12)15/h1-8H,9H2. The SMILES string of the molecule is [O-][n+]1ccccc1Cc1ccc(F)cc1. The zero-order chi connectivity index (χ0) is 10.7. The average Bonchev–Trinajstić information content (AvgIpc) is 2.25. The van der Waals surface area contributed by atoms with Gasteiger partial charge in [0.05, 0.1) is 6.42 Å². The van der Waals surface area contributed by atoms with Crippen LogP contribution in [-0.2, 0) is 6.42 Å². The molecule has 0 amide bonds. The molecule has 0 unspecified atom stereocenters. The maximum absolute atomic E-state index is 12.6. The quantitative estimate of drug-likeness (QED) is 0.542. The Morgan fingerprint density at radius 3 is 2.47 bits per heavy atom. The third-order valence-corrected chi connectivity index (χ3v) is 2.20. The van der Waals surface area contributed by atoms with Gasteiger partial charge in [0.2, 0.25) is 0 Å². The van der Waals surface area contributed by atoms with Crippen LogP contribution in [0.25, 0.3) is 0 Å². The van der Waals surface area contributed by atoms with Crippen molar-refractivity contribution in [3.63, 3.8) is 0 Å². The van der Waals surface area contributed by atoms with Crippen molar-refractivity contribution in [3.05, 3.63) is 70.9 Å². The lowest BCUT2D eigenvalue weighted by atomic mass is 10.1. The summed E-state index contributed by atoms with van der Waals surface area (Å²) in [6.07, 6.45) is 1.98. The molecule has 0 aliphatic carbocycles. The van der Waals surface area contributed by atoms with Gasteiger partial charge in [0.25, 0.3) is 0 Å². The van der Waals surface area contributed by atoms with E-state index >= 15 is 0 Å². The number of rotatable bonds is 2. The van der Waals surface area contributed by atoms with E-state index in [2.05, 4.69) is 0 Å². The molecule has 0 saturated heterocycles. The van der Waals surface area contributed by atoms with Crippen LogP contribution in [0.4, 0.5) is 4.39 Å². The number of halogens is 1. The van der Waals surface area contributed by atoms with Gasteiger partial charge in [-0.15, -0.1) is 0 Å². The van der Waals surface area contributed by atoms with Crippen molar-refractivity contribution >= 4 is 0 Å². The van der Waals surface area contributed by atoms with E-state index in [1.165, 1.54) is 18.3 Å². The summed E-state index contributed by atoms with van der Waals surface area (Å²) in [6.45, 7) is 0. The summed E-state index contributed by atoms with van der Waals surface area (Å²) in [5.41, 5.74) is 1.58. The number of hydrogen-bond acceptors (Lipinski definition) is 1. The molecule has 2 nitrogen and oxygen atoms in total.